The van der Waals surface area contributed by atoms with Crippen LogP contribution in [0.2, 0.25) is 0 Å². The second kappa shape index (κ2) is 9.12. The lowest BCUT2D eigenvalue weighted by Gasteiger charge is -2.14. The largest absolute Gasteiger partial charge is 0.384 e. The Morgan fingerprint density at radius 3 is 2.53 bits per heavy atom. The van der Waals surface area contributed by atoms with Crippen molar-refractivity contribution in [3.05, 3.63) is 68.1 Å². The van der Waals surface area contributed by atoms with E-state index in [0.29, 0.717) is 18.2 Å². The van der Waals surface area contributed by atoms with Crippen LogP contribution in [0.1, 0.15) is 35.6 Å². The molecule has 0 aliphatic rings. The van der Waals surface area contributed by atoms with E-state index in [0.717, 1.165) is 11.4 Å². The number of anilines is 1. The highest BCUT2D eigenvalue weighted by molar-refractivity contribution is 7.99. The average molecular weight is 429 g/mol. The predicted molar refractivity (Wildman–Crippen MR) is 116 cm³/mol. The fraction of sp³-hybridized carbons (Fsp3) is 0.350. The molecule has 3 aromatic rings. The number of aromatic nitrogens is 5. The van der Waals surface area contributed by atoms with Gasteiger partial charge in [0.1, 0.15) is 17.2 Å². The SMILES string of the molecule is Cc1nnc(SCC(=O)c2c(N)n(CC(C)C)c(=O)[nH]c2=O)n1Cc1ccccc1. The van der Waals surface area contributed by atoms with Gasteiger partial charge in [0.05, 0.1) is 12.3 Å². The first-order chi connectivity index (χ1) is 14.3. The summed E-state index contributed by atoms with van der Waals surface area (Å²) in [7, 11) is 0. The number of aryl methyl sites for hydroxylation is 1. The second-order valence-electron chi connectivity index (χ2n) is 7.34. The van der Waals surface area contributed by atoms with E-state index in [1.54, 1.807) is 0 Å². The number of hydrogen-bond acceptors (Lipinski definition) is 7. The summed E-state index contributed by atoms with van der Waals surface area (Å²) in [5.41, 5.74) is 5.51. The second-order valence-corrected chi connectivity index (χ2v) is 8.28. The van der Waals surface area contributed by atoms with Gasteiger partial charge in [0.25, 0.3) is 5.56 Å². The highest BCUT2D eigenvalue weighted by atomic mass is 32.2. The molecule has 3 rings (SSSR count). The maximum atomic E-state index is 12.8. The number of ketones is 1. The Hall–Kier alpha value is -3.14. The number of thioether (sulfide) groups is 1. The number of rotatable bonds is 8. The van der Waals surface area contributed by atoms with Gasteiger partial charge in [-0.1, -0.05) is 55.9 Å². The molecular formula is C20H24N6O3S. The number of benzene rings is 1. The molecule has 0 unspecified atom stereocenters. The Kier molecular flexibility index (Phi) is 6.56. The highest BCUT2D eigenvalue weighted by Gasteiger charge is 2.21. The number of nitrogens with one attached hydrogen (secondary N) is 1. The summed E-state index contributed by atoms with van der Waals surface area (Å²) in [4.78, 5) is 39.3. The van der Waals surface area contributed by atoms with Gasteiger partial charge in [-0.05, 0) is 18.4 Å². The van der Waals surface area contributed by atoms with Gasteiger partial charge in [0.15, 0.2) is 10.9 Å². The molecule has 0 spiro atoms. The molecule has 2 heterocycles. The van der Waals surface area contributed by atoms with Gasteiger partial charge < -0.3 is 10.3 Å². The summed E-state index contributed by atoms with van der Waals surface area (Å²) in [6.45, 7) is 6.54. The molecular weight excluding hydrogens is 404 g/mol. The number of hydrogen-bond donors (Lipinski definition) is 2. The van der Waals surface area contributed by atoms with E-state index in [-0.39, 0.29) is 23.1 Å². The van der Waals surface area contributed by atoms with Crippen molar-refractivity contribution in [3.63, 3.8) is 0 Å². The summed E-state index contributed by atoms with van der Waals surface area (Å²) in [6.07, 6.45) is 0. The molecule has 0 fully saturated rings. The summed E-state index contributed by atoms with van der Waals surface area (Å²) < 4.78 is 3.13. The van der Waals surface area contributed by atoms with Crippen LogP contribution in [0.5, 0.6) is 0 Å². The van der Waals surface area contributed by atoms with Gasteiger partial charge in [-0.3, -0.25) is 19.1 Å². The van der Waals surface area contributed by atoms with E-state index in [1.807, 2.05) is 55.7 Å². The van der Waals surface area contributed by atoms with Gasteiger partial charge in [0.2, 0.25) is 0 Å². The standard InChI is InChI=1S/C20H24N6O3S/c1-12(2)9-26-17(21)16(18(28)22-19(26)29)15(27)11-30-20-24-23-13(3)25(20)10-14-7-5-4-6-8-14/h4-8,12H,9-11,21H2,1-3H3,(H,22,28,29). The van der Waals surface area contributed by atoms with Crippen LogP contribution in [0.25, 0.3) is 0 Å². The minimum atomic E-state index is -0.773. The van der Waals surface area contributed by atoms with Crippen molar-refractivity contribution in [1.82, 2.24) is 24.3 Å². The Morgan fingerprint density at radius 1 is 1.17 bits per heavy atom. The zero-order valence-corrected chi connectivity index (χ0v) is 17.9. The van der Waals surface area contributed by atoms with Crippen LogP contribution < -0.4 is 17.0 Å². The number of carbonyl (C=O) groups excluding carboxylic acids is 1. The van der Waals surface area contributed by atoms with Crippen LogP contribution in [0.15, 0.2) is 45.1 Å². The lowest BCUT2D eigenvalue weighted by atomic mass is 10.2. The molecule has 0 saturated carbocycles. The Morgan fingerprint density at radius 2 is 1.87 bits per heavy atom. The van der Waals surface area contributed by atoms with E-state index in [9.17, 15) is 14.4 Å². The summed E-state index contributed by atoms with van der Waals surface area (Å²) in [5.74, 6) is 0.206. The van der Waals surface area contributed by atoms with Crippen LogP contribution in [-0.2, 0) is 13.1 Å². The van der Waals surface area contributed by atoms with E-state index < -0.39 is 17.0 Å². The first-order valence-electron chi connectivity index (χ1n) is 9.50. The third kappa shape index (κ3) is 4.70. The van der Waals surface area contributed by atoms with Crippen LogP contribution >= 0.6 is 11.8 Å². The minimum Gasteiger partial charge on any atom is -0.384 e. The molecule has 0 aliphatic carbocycles. The first-order valence-corrected chi connectivity index (χ1v) is 10.5. The number of aromatic amines is 1. The summed E-state index contributed by atoms with van der Waals surface area (Å²) >= 11 is 1.18. The topological polar surface area (TPSA) is 129 Å². The molecule has 0 bridgehead atoms. The third-order valence-corrected chi connectivity index (χ3v) is 5.45. The monoisotopic (exact) mass is 428 g/mol. The maximum absolute atomic E-state index is 12.8. The predicted octanol–water partition coefficient (Wildman–Crippen LogP) is 1.70. The van der Waals surface area contributed by atoms with E-state index in [1.165, 1.54) is 16.3 Å². The van der Waals surface area contributed by atoms with Crippen molar-refractivity contribution in [2.45, 2.75) is 39.0 Å². The Bertz CT molecular complexity index is 1160. The molecule has 2 aromatic heterocycles. The van der Waals surface area contributed by atoms with Crippen molar-refractivity contribution in [1.29, 1.82) is 0 Å². The number of nitrogens with zero attached hydrogens (tertiary/aromatic N) is 4. The van der Waals surface area contributed by atoms with E-state index in [2.05, 4.69) is 15.2 Å². The molecule has 30 heavy (non-hydrogen) atoms. The van der Waals surface area contributed by atoms with Gasteiger partial charge in [0, 0.05) is 6.54 Å². The molecule has 0 saturated heterocycles. The molecule has 158 valence electrons. The molecule has 10 heteroatoms. The smallest absolute Gasteiger partial charge is 0.329 e. The van der Waals surface area contributed by atoms with E-state index >= 15 is 0 Å². The van der Waals surface area contributed by atoms with Crippen LogP contribution in [0, 0.1) is 12.8 Å². The van der Waals surface area contributed by atoms with Gasteiger partial charge >= 0.3 is 5.69 Å². The van der Waals surface area contributed by atoms with Crippen LogP contribution in [0.4, 0.5) is 5.82 Å². The minimum absolute atomic E-state index is 0.0555. The molecule has 9 nitrogen and oxygen atoms in total. The molecule has 0 amide bonds. The number of nitrogen functional groups attached to an aromatic ring is 1. The number of carbonyl (C=O) groups is 1. The Labute approximate surface area is 177 Å². The van der Waals surface area contributed by atoms with Crippen molar-refractivity contribution >= 4 is 23.4 Å². The Balaban J connectivity index is 1.82. The fourth-order valence-electron chi connectivity index (χ4n) is 3.02. The summed E-state index contributed by atoms with van der Waals surface area (Å²) in [6, 6.07) is 9.84. The molecule has 0 aliphatic heterocycles. The number of H-pyrrole nitrogens is 1. The average Bonchev–Trinajstić information content (AvgIpc) is 3.03. The number of nitrogens with two attached hydrogens (primary N) is 1. The van der Waals surface area contributed by atoms with Gasteiger partial charge in [-0.2, -0.15) is 0 Å². The van der Waals surface area contributed by atoms with Crippen molar-refractivity contribution in [3.8, 4) is 0 Å². The van der Waals surface area contributed by atoms with Crippen molar-refractivity contribution < 1.29 is 4.79 Å². The molecule has 1 aromatic carbocycles. The lowest BCUT2D eigenvalue weighted by molar-refractivity contribution is 0.102. The van der Waals surface area contributed by atoms with Gasteiger partial charge in [-0.25, -0.2) is 4.79 Å². The zero-order valence-electron chi connectivity index (χ0n) is 17.1. The van der Waals surface area contributed by atoms with Crippen LogP contribution in [0.3, 0.4) is 0 Å². The van der Waals surface area contributed by atoms with Crippen molar-refractivity contribution in [2.75, 3.05) is 11.5 Å². The molecule has 0 radical (unpaired) electrons. The lowest BCUT2D eigenvalue weighted by Crippen LogP contribution is -2.37. The van der Waals surface area contributed by atoms with E-state index in [4.69, 9.17) is 5.73 Å². The first kappa shape index (κ1) is 21.6. The zero-order chi connectivity index (χ0) is 21.8. The molecule has 3 N–H and O–H groups in total. The quantitative estimate of drug-likeness (QED) is 0.413. The molecule has 0 atom stereocenters. The maximum Gasteiger partial charge on any atom is 0.329 e. The van der Waals surface area contributed by atoms with Crippen molar-refractivity contribution in [2.24, 2.45) is 5.92 Å². The normalized spacial score (nSPS) is 11.2. The number of Topliss-reactive ketones (excluding diaryl/α,β-unsaturated/α-hetero) is 1. The van der Waals surface area contributed by atoms with Crippen LogP contribution in [-0.4, -0.2) is 35.9 Å². The summed E-state index contributed by atoms with van der Waals surface area (Å²) in [5, 5.41) is 8.81. The van der Waals surface area contributed by atoms with Gasteiger partial charge in [-0.15, -0.1) is 10.2 Å². The highest BCUT2D eigenvalue weighted by Crippen LogP contribution is 2.20. The fourth-order valence-corrected chi connectivity index (χ4v) is 3.88. The third-order valence-electron chi connectivity index (χ3n) is 4.48.